The van der Waals surface area contributed by atoms with E-state index in [1.165, 1.54) is 6.26 Å². The van der Waals surface area contributed by atoms with Gasteiger partial charge in [0.1, 0.15) is 5.76 Å². The summed E-state index contributed by atoms with van der Waals surface area (Å²) in [6.07, 6.45) is 8.45. The molecule has 2 nitrogen and oxygen atoms in total. The van der Waals surface area contributed by atoms with Crippen LogP contribution in [0.25, 0.3) is 0 Å². The number of hydrogen-bond acceptors (Lipinski definition) is 2. The summed E-state index contributed by atoms with van der Waals surface area (Å²) in [4.78, 5) is 0. The monoisotopic (exact) mass is 213 g/mol. The molecule has 0 saturated heterocycles. The lowest BCUT2D eigenvalue weighted by molar-refractivity contribution is 0.395. The molecule has 0 amide bonds. The van der Waals surface area contributed by atoms with Crippen LogP contribution in [0.4, 0.5) is 0 Å². The van der Waals surface area contributed by atoms with Gasteiger partial charge >= 0.3 is 0 Å². The molecule has 0 spiro atoms. The SMILES string of the molecule is C=C(C)/C=C\C(=C)C(=C)/C=C\C(=C)OC#N. The molecular formula is C14H15NO. The highest BCUT2D eigenvalue weighted by atomic mass is 16.5. The van der Waals surface area contributed by atoms with Gasteiger partial charge in [0.15, 0.2) is 0 Å². The number of hydrogen-bond donors (Lipinski definition) is 0. The number of nitriles is 1. The Morgan fingerprint density at radius 1 is 1.00 bits per heavy atom. The van der Waals surface area contributed by atoms with E-state index in [1.54, 1.807) is 12.2 Å². The molecule has 0 fully saturated rings. The van der Waals surface area contributed by atoms with Crippen LogP contribution in [0.15, 0.2) is 73.1 Å². The zero-order valence-corrected chi connectivity index (χ0v) is 9.49. The van der Waals surface area contributed by atoms with Gasteiger partial charge in [0.25, 0.3) is 6.26 Å². The molecule has 0 N–H and O–H groups in total. The van der Waals surface area contributed by atoms with Crippen molar-refractivity contribution in [2.45, 2.75) is 6.92 Å². The number of allylic oxidation sites excluding steroid dienone is 7. The lowest BCUT2D eigenvalue weighted by atomic mass is 10.1. The average molecular weight is 213 g/mol. The maximum atomic E-state index is 8.23. The molecule has 0 aliphatic heterocycles. The second kappa shape index (κ2) is 7.08. The van der Waals surface area contributed by atoms with Gasteiger partial charge in [0, 0.05) is 0 Å². The van der Waals surface area contributed by atoms with Crippen LogP contribution in [-0.4, -0.2) is 0 Å². The number of nitrogens with zero attached hydrogens (tertiary/aromatic N) is 1. The summed E-state index contributed by atoms with van der Waals surface area (Å²) in [7, 11) is 0. The molecule has 16 heavy (non-hydrogen) atoms. The van der Waals surface area contributed by atoms with Crippen LogP contribution >= 0.6 is 0 Å². The van der Waals surface area contributed by atoms with Crippen molar-refractivity contribution in [1.29, 1.82) is 5.26 Å². The zero-order chi connectivity index (χ0) is 12.6. The highest BCUT2D eigenvalue weighted by Crippen LogP contribution is 2.10. The molecular weight excluding hydrogens is 198 g/mol. The Morgan fingerprint density at radius 3 is 1.94 bits per heavy atom. The van der Waals surface area contributed by atoms with E-state index in [2.05, 4.69) is 31.1 Å². The lowest BCUT2D eigenvalue weighted by Crippen LogP contribution is -1.81. The fraction of sp³-hybridized carbons (Fsp3) is 0.0714. The highest BCUT2D eigenvalue weighted by molar-refractivity contribution is 5.44. The van der Waals surface area contributed by atoms with Gasteiger partial charge in [-0.05, 0) is 24.1 Å². The molecule has 0 aliphatic carbocycles. The van der Waals surface area contributed by atoms with E-state index in [1.807, 2.05) is 19.1 Å². The Hall–Kier alpha value is -2.27. The standard InChI is InChI=1S/C14H15NO/c1-11(2)6-7-12(3)13(4)8-9-14(5)16-10-15/h6-9H,1,3-5H2,2H3/b7-6-,9-8-. The van der Waals surface area contributed by atoms with Gasteiger partial charge in [-0.25, -0.2) is 0 Å². The summed E-state index contributed by atoms with van der Waals surface area (Å²) in [6, 6.07) is 0. The Bertz CT molecular complexity index is 417. The van der Waals surface area contributed by atoms with Crippen molar-refractivity contribution in [1.82, 2.24) is 0 Å². The van der Waals surface area contributed by atoms with Crippen molar-refractivity contribution >= 4 is 0 Å². The normalized spacial score (nSPS) is 10.0. The Labute approximate surface area is 96.9 Å². The molecule has 82 valence electrons. The van der Waals surface area contributed by atoms with E-state index in [4.69, 9.17) is 5.26 Å². The van der Waals surface area contributed by atoms with E-state index in [-0.39, 0.29) is 5.76 Å². The summed E-state index contributed by atoms with van der Waals surface area (Å²) in [5, 5.41) is 8.23. The summed E-state index contributed by atoms with van der Waals surface area (Å²) in [6.45, 7) is 16.8. The molecule has 0 heterocycles. The van der Waals surface area contributed by atoms with Crippen molar-refractivity contribution in [3.05, 3.63) is 73.1 Å². The van der Waals surface area contributed by atoms with Crippen molar-refractivity contribution in [3.63, 3.8) is 0 Å². The molecule has 0 atom stereocenters. The van der Waals surface area contributed by atoms with Gasteiger partial charge in [-0.3, -0.25) is 0 Å². The molecule has 0 rings (SSSR count). The molecule has 0 aromatic carbocycles. The van der Waals surface area contributed by atoms with Crippen molar-refractivity contribution < 1.29 is 4.74 Å². The van der Waals surface area contributed by atoms with Gasteiger partial charge in [0.2, 0.25) is 0 Å². The minimum atomic E-state index is 0.264. The van der Waals surface area contributed by atoms with Crippen LogP contribution in [0, 0.1) is 11.5 Å². The van der Waals surface area contributed by atoms with Crippen molar-refractivity contribution in [2.24, 2.45) is 0 Å². The molecule has 0 aromatic heterocycles. The van der Waals surface area contributed by atoms with Crippen LogP contribution < -0.4 is 0 Å². The maximum Gasteiger partial charge on any atom is 0.292 e. The third-order valence-corrected chi connectivity index (χ3v) is 1.63. The molecule has 0 aliphatic rings. The highest BCUT2D eigenvalue weighted by Gasteiger charge is 1.92. The fourth-order valence-corrected chi connectivity index (χ4v) is 0.743. The van der Waals surface area contributed by atoms with Crippen LogP contribution in [0.3, 0.4) is 0 Å². The first-order chi connectivity index (χ1) is 7.47. The van der Waals surface area contributed by atoms with Crippen LogP contribution in [0.1, 0.15) is 6.92 Å². The predicted octanol–water partition coefficient (Wildman–Crippen LogP) is 3.80. The topological polar surface area (TPSA) is 33.0 Å². The van der Waals surface area contributed by atoms with Crippen LogP contribution in [-0.2, 0) is 4.74 Å². The summed E-state index contributed by atoms with van der Waals surface area (Å²) >= 11 is 0. The minimum absolute atomic E-state index is 0.264. The predicted molar refractivity (Wildman–Crippen MR) is 67.2 cm³/mol. The van der Waals surface area contributed by atoms with E-state index in [0.29, 0.717) is 0 Å². The first-order valence-corrected chi connectivity index (χ1v) is 4.62. The number of ether oxygens (including phenoxy) is 1. The van der Waals surface area contributed by atoms with Crippen molar-refractivity contribution in [2.75, 3.05) is 0 Å². The van der Waals surface area contributed by atoms with E-state index >= 15 is 0 Å². The van der Waals surface area contributed by atoms with Gasteiger partial charge in [-0.15, -0.1) is 5.26 Å². The van der Waals surface area contributed by atoms with Gasteiger partial charge < -0.3 is 4.74 Å². The van der Waals surface area contributed by atoms with Gasteiger partial charge in [-0.1, -0.05) is 50.1 Å². The number of rotatable bonds is 6. The Morgan fingerprint density at radius 2 is 1.50 bits per heavy atom. The smallest absolute Gasteiger partial charge is 0.292 e. The zero-order valence-electron chi connectivity index (χ0n) is 9.49. The Kier molecular flexibility index (Phi) is 6.07. The van der Waals surface area contributed by atoms with Crippen molar-refractivity contribution in [3.8, 4) is 6.26 Å². The second-order valence-electron chi connectivity index (χ2n) is 3.22. The van der Waals surface area contributed by atoms with Crippen LogP contribution in [0.2, 0.25) is 0 Å². The first kappa shape index (κ1) is 13.7. The van der Waals surface area contributed by atoms with Gasteiger partial charge in [0.05, 0.1) is 0 Å². The summed E-state index contributed by atoms with van der Waals surface area (Å²) < 4.78 is 4.49. The van der Waals surface area contributed by atoms with E-state index in [9.17, 15) is 0 Å². The summed E-state index contributed by atoms with van der Waals surface area (Å²) in [5.74, 6) is 0.264. The molecule has 2 heteroatoms. The van der Waals surface area contributed by atoms with Gasteiger partial charge in [-0.2, -0.15) is 0 Å². The van der Waals surface area contributed by atoms with E-state index < -0.39 is 0 Å². The lowest BCUT2D eigenvalue weighted by Gasteiger charge is -1.99. The minimum Gasteiger partial charge on any atom is -0.389 e. The average Bonchev–Trinajstić information content (AvgIpc) is 2.22. The first-order valence-electron chi connectivity index (χ1n) is 4.62. The van der Waals surface area contributed by atoms with Crippen LogP contribution in [0.5, 0.6) is 0 Å². The Balaban J connectivity index is 4.38. The quantitative estimate of drug-likeness (QED) is 0.382. The second-order valence-corrected chi connectivity index (χ2v) is 3.22. The van der Waals surface area contributed by atoms with E-state index in [0.717, 1.165) is 16.7 Å². The fourth-order valence-electron chi connectivity index (χ4n) is 0.743. The molecule has 0 aromatic rings. The summed E-state index contributed by atoms with van der Waals surface area (Å²) in [5.41, 5.74) is 2.43. The molecule has 0 saturated carbocycles. The molecule has 0 unspecified atom stereocenters. The molecule has 0 radical (unpaired) electrons. The third kappa shape index (κ3) is 6.22. The largest absolute Gasteiger partial charge is 0.389 e. The maximum absolute atomic E-state index is 8.23. The molecule has 0 bridgehead atoms. The third-order valence-electron chi connectivity index (χ3n) is 1.63.